The Morgan fingerprint density at radius 1 is 1.20 bits per heavy atom. The summed E-state index contributed by atoms with van der Waals surface area (Å²) in [4.78, 5) is 0. The highest BCUT2D eigenvalue weighted by molar-refractivity contribution is 5.28. The summed E-state index contributed by atoms with van der Waals surface area (Å²) < 4.78 is 7.83. The van der Waals surface area contributed by atoms with Gasteiger partial charge in [0.05, 0.1) is 12.2 Å². The van der Waals surface area contributed by atoms with Crippen molar-refractivity contribution in [3.8, 4) is 5.75 Å². The fourth-order valence-electron chi connectivity index (χ4n) is 2.18. The third-order valence-corrected chi connectivity index (χ3v) is 3.34. The molecule has 0 aliphatic rings. The molecule has 0 saturated heterocycles. The molecule has 2 rings (SSSR count). The second-order valence-electron chi connectivity index (χ2n) is 4.76. The molecule has 20 heavy (non-hydrogen) atoms. The molecule has 2 N–H and O–H groups in total. The molecule has 0 aliphatic carbocycles. The Morgan fingerprint density at radius 2 is 2.05 bits per heavy atom. The number of nitrogens with zero attached hydrogens (tertiary/aromatic N) is 2. The number of aryl methyl sites for hydroxylation is 2. The van der Waals surface area contributed by atoms with E-state index in [2.05, 4.69) is 25.0 Å². The average Bonchev–Trinajstić information content (AvgIpc) is 2.90. The van der Waals surface area contributed by atoms with Gasteiger partial charge in [0, 0.05) is 12.2 Å². The summed E-state index contributed by atoms with van der Waals surface area (Å²) >= 11 is 0. The van der Waals surface area contributed by atoms with Crippen molar-refractivity contribution < 1.29 is 4.74 Å². The van der Waals surface area contributed by atoms with Gasteiger partial charge in [0.2, 0.25) is 0 Å². The van der Waals surface area contributed by atoms with E-state index in [0.29, 0.717) is 13.2 Å². The highest BCUT2D eigenvalue weighted by Crippen LogP contribution is 2.13. The van der Waals surface area contributed by atoms with Crippen molar-refractivity contribution in [2.45, 2.75) is 39.8 Å². The van der Waals surface area contributed by atoms with Gasteiger partial charge in [-0.3, -0.25) is 4.68 Å². The Bertz CT molecular complexity index is 548. The van der Waals surface area contributed by atoms with Crippen LogP contribution in [-0.4, -0.2) is 16.4 Å². The lowest BCUT2D eigenvalue weighted by atomic mass is 10.2. The third kappa shape index (κ3) is 3.61. The zero-order chi connectivity index (χ0) is 14.4. The summed E-state index contributed by atoms with van der Waals surface area (Å²) in [6.07, 6.45) is 1.97. The summed E-state index contributed by atoms with van der Waals surface area (Å²) in [6.45, 7) is 6.21. The van der Waals surface area contributed by atoms with Gasteiger partial charge in [0.15, 0.2) is 0 Å². The van der Waals surface area contributed by atoms with Crippen LogP contribution in [0.4, 0.5) is 0 Å². The average molecular weight is 273 g/mol. The van der Waals surface area contributed by atoms with Crippen molar-refractivity contribution in [2.24, 2.45) is 5.73 Å². The molecule has 0 spiro atoms. The minimum absolute atomic E-state index is 0.538. The molecule has 2 aromatic rings. The lowest BCUT2D eigenvalue weighted by molar-refractivity contribution is 0.288. The van der Waals surface area contributed by atoms with Gasteiger partial charge in [-0.1, -0.05) is 26.0 Å². The zero-order valence-corrected chi connectivity index (χ0v) is 12.3. The van der Waals surface area contributed by atoms with E-state index in [1.807, 2.05) is 28.9 Å². The Hall–Kier alpha value is -1.81. The highest BCUT2D eigenvalue weighted by atomic mass is 16.5. The SMILES string of the molecule is CCc1cc(CC)n(CCOc2cccc(CN)c2)n1. The van der Waals surface area contributed by atoms with Crippen LogP contribution in [-0.2, 0) is 25.9 Å². The van der Waals surface area contributed by atoms with Crippen molar-refractivity contribution in [3.05, 3.63) is 47.3 Å². The van der Waals surface area contributed by atoms with Gasteiger partial charge in [-0.2, -0.15) is 5.10 Å². The van der Waals surface area contributed by atoms with Gasteiger partial charge in [0.25, 0.3) is 0 Å². The number of hydrogen-bond acceptors (Lipinski definition) is 3. The Labute approximate surface area is 120 Å². The van der Waals surface area contributed by atoms with Crippen LogP contribution in [0.3, 0.4) is 0 Å². The van der Waals surface area contributed by atoms with E-state index >= 15 is 0 Å². The molecule has 4 heteroatoms. The number of rotatable bonds is 7. The molecule has 0 fully saturated rings. The topological polar surface area (TPSA) is 53.1 Å². The Kier molecular flexibility index (Phi) is 5.18. The second kappa shape index (κ2) is 7.10. The fraction of sp³-hybridized carbons (Fsp3) is 0.438. The standard InChI is InChI=1S/C16H23N3O/c1-3-14-11-15(4-2)19(18-14)8-9-20-16-7-5-6-13(10-16)12-17/h5-7,10-11H,3-4,8-9,12,17H2,1-2H3. The smallest absolute Gasteiger partial charge is 0.119 e. The van der Waals surface area contributed by atoms with Gasteiger partial charge in [0.1, 0.15) is 12.4 Å². The lowest BCUT2D eigenvalue weighted by Gasteiger charge is -2.09. The van der Waals surface area contributed by atoms with E-state index in [4.69, 9.17) is 10.5 Å². The molecule has 0 bridgehead atoms. The van der Waals surface area contributed by atoms with Crippen LogP contribution < -0.4 is 10.5 Å². The third-order valence-electron chi connectivity index (χ3n) is 3.34. The van der Waals surface area contributed by atoms with Crippen LogP contribution in [0.5, 0.6) is 5.75 Å². The Morgan fingerprint density at radius 3 is 2.75 bits per heavy atom. The first-order chi connectivity index (χ1) is 9.76. The van der Waals surface area contributed by atoms with Crippen LogP contribution in [0.1, 0.15) is 30.8 Å². The maximum atomic E-state index is 5.78. The summed E-state index contributed by atoms with van der Waals surface area (Å²) in [5.41, 5.74) is 9.12. The van der Waals surface area contributed by atoms with Gasteiger partial charge in [-0.15, -0.1) is 0 Å². The maximum absolute atomic E-state index is 5.78. The monoisotopic (exact) mass is 273 g/mol. The van der Waals surface area contributed by atoms with Gasteiger partial charge < -0.3 is 10.5 Å². The molecule has 1 aromatic heterocycles. The van der Waals surface area contributed by atoms with E-state index in [0.717, 1.165) is 36.4 Å². The van der Waals surface area contributed by atoms with Gasteiger partial charge >= 0.3 is 0 Å². The van der Waals surface area contributed by atoms with E-state index in [-0.39, 0.29) is 0 Å². The molecular formula is C16H23N3O. The summed E-state index contributed by atoms with van der Waals surface area (Å²) in [7, 11) is 0. The van der Waals surface area contributed by atoms with Crippen LogP contribution in [0.2, 0.25) is 0 Å². The number of nitrogens with two attached hydrogens (primary N) is 1. The summed E-state index contributed by atoms with van der Waals surface area (Å²) in [6, 6.07) is 10.1. The van der Waals surface area contributed by atoms with Crippen molar-refractivity contribution in [3.63, 3.8) is 0 Å². The second-order valence-corrected chi connectivity index (χ2v) is 4.76. The number of benzene rings is 1. The minimum Gasteiger partial charge on any atom is -0.492 e. The highest BCUT2D eigenvalue weighted by Gasteiger charge is 2.05. The first kappa shape index (κ1) is 14.6. The van der Waals surface area contributed by atoms with Crippen LogP contribution in [0, 0.1) is 0 Å². The van der Waals surface area contributed by atoms with Crippen LogP contribution in [0.25, 0.3) is 0 Å². The molecule has 0 aliphatic heterocycles. The predicted molar refractivity (Wildman–Crippen MR) is 80.8 cm³/mol. The minimum atomic E-state index is 0.538. The molecular weight excluding hydrogens is 250 g/mol. The molecule has 0 saturated carbocycles. The van der Waals surface area contributed by atoms with Crippen molar-refractivity contribution >= 4 is 0 Å². The lowest BCUT2D eigenvalue weighted by Crippen LogP contribution is -2.12. The number of aromatic nitrogens is 2. The predicted octanol–water partition coefficient (Wildman–Crippen LogP) is 2.55. The Balaban J connectivity index is 1.93. The molecule has 0 unspecified atom stereocenters. The molecule has 0 amide bonds. The first-order valence-electron chi connectivity index (χ1n) is 7.24. The summed E-state index contributed by atoms with van der Waals surface area (Å²) in [5, 5.41) is 4.58. The van der Waals surface area contributed by atoms with Crippen molar-refractivity contribution in [2.75, 3.05) is 6.61 Å². The zero-order valence-electron chi connectivity index (χ0n) is 12.3. The molecule has 0 atom stereocenters. The van der Waals surface area contributed by atoms with E-state index < -0.39 is 0 Å². The number of hydrogen-bond donors (Lipinski definition) is 1. The normalized spacial score (nSPS) is 10.8. The maximum Gasteiger partial charge on any atom is 0.119 e. The van der Waals surface area contributed by atoms with E-state index in [9.17, 15) is 0 Å². The quantitative estimate of drug-likeness (QED) is 0.843. The molecule has 1 heterocycles. The van der Waals surface area contributed by atoms with Crippen LogP contribution >= 0.6 is 0 Å². The molecule has 1 aromatic carbocycles. The molecule has 4 nitrogen and oxygen atoms in total. The molecule has 108 valence electrons. The van der Waals surface area contributed by atoms with Gasteiger partial charge in [-0.05, 0) is 36.6 Å². The first-order valence-corrected chi connectivity index (χ1v) is 7.24. The van der Waals surface area contributed by atoms with Gasteiger partial charge in [-0.25, -0.2) is 0 Å². The number of ether oxygens (including phenoxy) is 1. The van der Waals surface area contributed by atoms with Crippen LogP contribution in [0.15, 0.2) is 30.3 Å². The van der Waals surface area contributed by atoms with Crippen molar-refractivity contribution in [1.29, 1.82) is 0 Å². The van der Waals surface area contributed by atoms with E-state index in [1.54, 1.807) is 0 Å². The van der Waals surface area contributed by atoms with Crippen molar-refractivity contribution in [1.82, 2.24) is 9.78 Å². The fourth-order valence-corrected chi connectivity index (χ4v) is 2.18. The van der Waals surface area contributed by atoms with E-state index in [1.165, 1.54) is 5.69 Å². The largest absolute Gasteiger partial charge is 0.492 e. The molecule has 0 radical (unpaired) electrons. The summed E-state index contributed by atoms with van der Waals surface area (Å²) in [5.74, 6) is 0.869.